The molecule has 0 aromatic carbocycles. The van der Waals surface area contributed by atoms with Crippen LogP contribution in [-0.4, -0.2) is 46.5 Å². The van der Waals surface area contributed by atoms with E-state index >= 15 is 0 Å². The standard InChI is InChI=1S/C12H18ClN3O/c1-15(2)5-6-16-12(11(13)8-14-16)9-3-4-10(17)7-9/h7-8,10,17H,3-6H2,1-2H3. The van der Waals surface area contributed by atoms with Gasteiger partial charge in [0, 0.05) is 6.54 Å². The molecule has 1 N–H and O–H groups in total. The fourth-order valence-corrected chi connectivity index (χ4v) is 2.31. The van der Waals surface area contributed by atoms with Gasteiger partial charge in [-0.3, -0.25) is 4.68 Å². The minimum absolute atomic E-state index is 0.335. The first-order valence-electron chi connectivity index (χ1n) is 5.83. The number of allylic oxidation sites excluding steroid dienone is 1. The smallest absolute Gasteiger partial charge is 0.0862 e. The van der Waals surface area contributed by atoms with E-state index < -0.39 is 0 Å². The average molecular weight is 256 g/mol. The summed E-state index contributed by atoms with van der Waals surface area (Å²) < 4.78 is 1.92. The van der Waals surface area contributed by atoms with Gasteiger partial charge >= 0.3 is 0 Å². The fraction of sp³-hybridized carbons (Fsp3) is 0.583. The van der Waals surface area contributed by atoms with Crippen molar-refractivity contribution in [2.75, 3.05) is 20.6 Å². The Morgan fingerprint density at radius 1 is 1.59 bits per heavy atom. The zero-order valence-corrected chi connectivity index (χ0v) is 11.0. The molecule has 2 rings (SSSR count). The highest BCUT2D eigenvalue weighted by molar-refractivity contribution is 6.32. The largest absolute Gasteiger partial charge is 0.389 e. The second-order valence-corrected chi connectivity index (χ2v) is 5.07. The molecule has 94 valence electrons. The minimum atomic E-state index is -0.335. The number of hydrogen-bond donors (Lipinski definition) is 1. The first kappa shape index (κ1) is 12.6. The lowest BCUT2D eigenvalue weighted by molar-refractivity contribution is 0.223. The first-order valence-corrected chi connectivity index (χ1v) is 6.21. The second kappa shape index (κ2) is 5.21. The predicted molar refractivity (Wildman–Crippen MR) is 69.0 cm³/mol. The van der Waals surface area contributed by atoms with Crippen LogP contribution in [0.3, 0.4) is 0 Å². The summed E-state index contributed by atoms with van der Waals surface area (Å²) in [7, 11) is 4.06. The van der Waals surface area contributed by atoms with Crippen LogP contribution in [0.5, 0.6) is 0 Å². The zero-order chi connectivity index (χ0) is 12.4. The van der Waals surface area contributed by atoms with E-state index in [1.165, 1.54) is 0 Å². The molecule has 1 aliphatic carbocycles. The van der Waals surface area contributed by atoms with Crippen molar-refractivity contribution in [3.8, 4) is 0 Å². The SMILES string of the molecule is CN(C)CCn1ncc(Cl)c1C1=CC(O)CC1. The van der Waals surface area contributed by atoms with Gasteiger partial charge in [-0.2, -0.15) is 5.10 Å². The lowest BCUT2D eigenvalue weighted by atomic mass is 10.1. The first-order chi connectivity index (χ1) is 8.08. The van der Waals surface area contributed by atoms with Crippen molar-refractivity contribution in [2.45, 2.75) is 25.5 Å². The van der Waals surface area contributed by atoms with Crippen LogP contribution in [0.1, 0.15) is 18.5 Å². The third-order valence-electron chi connectivity index (χ3n) is 2.96. The Morgan fingerprint density at radius 2 is 2.35 bits per heavy atom. The molecular weight excluding hydrogens is 238 g/mol. The Labute approximate surface area is 106 Å². The van der Waals surface area contributed by atoms with Gasteiger partial charge < -0.3 is 10.0 Å². The fourth-order valence-electron chi connectivity index (χ4n) is 2.05. The molecule has 0 bridgehead atoms. The lowest BCUT2D eigenvalue weighted by Crippen LogP contribution is -2.20. The molecule has 1 aliphatic rings. The van der Waals surface area contributed by atoms with E-state index in [2.05, 4.69) is 10.00 Å². The number of aromatic nitrogens is 2. The predicted octanol–water partition coefficient (Wildman–Crippen LogP) is 1.64. The monoisotopic (exact) mass is 255 g/mol. The zero-order valence-electron chi connectivity index (χ0n) is 10.2. The van der Waals surface area contributed by atoms with Gasteiger partial charge in [-0.25, -0.2) is 0 Å². The van der Waals surface area contributed by atoms with Crippen LogP contribution < -0.4 is 0 Å². The highest BCUT2D eigenvalue weighted by Crippen LogP contribution is 2.32. The van der Waals surface area contributed by atoms with E-state index in [1.807, 2.05) is 24.9 Å². The summed E-state index contributed by atoms with van der Waals surface area (Å²) >= 11 is 6.17. The van der Waals surface area contributed by atoms with Gasteiger partial charge in [0.1, 0.15) is 0 Å². The van der Waals surface area contributed by atoms with Crippen molar-refractivity contribution in [3.05, 3.63) is 23.0 Å². The molecule has 1 aromatic heterocycles. The summed E-state index contributed by atoms with van der Waals surface area (Å²) in [5.41, 5.74) is 2.07. The van der Waals surface area contributed by atoms with Crippen molar-refractivity contribution < 1.29 is 5.11 Å². The normalized spacial score (nSPS) is 20.1. The van der Waals surface area contributed by atoms with Crippen molar-refractivity contribution in [3.63, 3.8) is 0 Å². The molecule has 4 nitrogen and oxygen atoms in total. The number of rotatable bonds is 4. The van der Waals surface area contributed by atoms with Gasteiger partial charge in [0.05, 0.1) is 29.6 Å². The van der Waals surface area contributed by atoms with Gasteiger partial charge in [-0.15, -0.1) is 0 Å². The van der Waals surface area contributed by atoms with E-state index in [1.54, 1.807) is 6.20 Å². The second-order valence-electron chi connectivity index (χ2n) is 4.67. The lowest BCUT2D eigenvalue weighted by Gasteiger charge is -2.12. The summed E-state index contributed by atoms with van der Waals surface area (Å²) in [5.74, 6) is 0. The maximum atomic E-state index is 9.54. The number of nitrogens with zero attached hydrogens (tertiary/aromatic N) is 3. The molecular formula is C12H18ClN3O. The van der Waals surface area contributed by atoms with Crippen molar-refractivity contribution in [1.82, 2.24) is 14.7 Å². The third-order valence-corrected chi connectivity index (χ3v) is 3.24. The van der Waals surface area contributed by atoms with Crippen LogP contribution in [0.2, 0.25) is 5.02 Å². The van der Waals surface area contributed by atoms with E-state index in [9.17, 15) is 5.11 Å². The number of likely N-dealkylation sites (N-methyl/N-ethyl adjacent to an activating group) is 1. The van der Waals surface area contributed by atoms with Gasteiger partial charge in [0.15, 0.2) is 0 Å². The summed E-state index contributed by atoms with van der Waals surface area (Å²) in [6, 6.07) is 0. The molecule has 17 heavy (non-hydrogen) atoms. The Hall–Kier alpha value is -0.840. The van der Waals surface area contributed by atoms with Crippen LogP contribution in [0.4, 0.5) is 0 Å². The topological polar surface area (TPSA) is 41.3 Å². The van der Waals surface area contributed by atoms with Crippen LogP contribution >= 0.6 is 11.6 Å². The van der Waals surface area contributed by atoms with Gasteiger partial charge in [0.2, 0.25) is 0 Å². The molecule has 1 aromatic rings. The van der Waals surface area contributed by atoms with Crippen molar-refractivity contribution >= 4 is 17.2 Å². The van der Waals surface area contributed by atoms with Crippen LogP contribution in [0.15, 0.2) is 12.3 Å². The van der Waals surface area contributed by atoms with Gasteiger partial charge in [-0.05, 0) is 32.5 Å². The summed E-state index contributed by atoms with van der Waals surface area (Å²) in [4.78, 5) is 2.11. The van der Waals surface area contributed by atoms with Crippen molar-refractivity contribution in [1.29, 1.82) is 0 Å². The maximum Gasteiger partial charge on any atom is 0.0862 e. The molecule has 0 fully saturated rings. The van der Waals surface area contributed by atoms with Gasteiger partial charge in [-0.1, -0.05) is 17.7 Å². The van der Waals surface area contributed by atoms with Gasteiger partial charge in [0.25, 0.3) is 0 Å². The molecule has 0 saturated carbocycles. The summed E-state index contributed by atoms with van der Waals surface area (Å²) in [5, 5.41) is 14.5. The summed E-state index contributed by atoms with van der Waals surface area (Å²) in [6.45, 7) is 1.73. The Balaban J connectivity index is 2.20. The molecule has 1 atom stereocenters. The molecule has 0 radical (unpaired) electrons. The molecule has 1 heterocycles. The Bertz CT molecular complexity index is 425. The molecule has 0 saturated heterocycles. The third kappa shape index (κ3) is 2.89. The molecule has 0 amide bonds. The molecule has 5 heteroatoms. The highest BCUT2D eigenvalue weighted by Gasteiger charge is 2.20. The number of halogens is 1. The highest BCUT2D eigenvalue weighted by atomic mass is 35.5. The molecule has 0 spiro atoms. The van der Waals surface area contributed by atoms with Crippen molar-refractivity contribution in [2.24, 2.45) is 0 Å². The van der Waals surface area contributed by atoms with E-state index in [-0.39, 0.29) is 6.10 Å². The average Bonchev–Trinajstić information content (AvgIpc) is 2.82. The number of aliphatic hydroxyl groups is 1. The van der Waals surface area contributed by atoms with E-state index in [4.69, 9.17) is 11.6 Å². The van der Waals surface area contributed by atoms with Crippen LogP contribution in [0, 0.1) is 0 Å². The van der Waals surface area contributed by atoms with E-state index in [0.29, 0.717) is 5.02 Å². The quantitative estimate of drug-likeness (QED) is 0.889. The molecule has 1 unspecified atom stereocenters. The Morgan fingerprint density at radius 3 is 2.94 bits per heavy atom. The number of aliphatic hydroxyl groups excluding tert-OH is 1. The molecule has 0 aliphatic heterocycles. The van der Waals surface area contributed by atoms with Crippen LogP contribution in [0.25, 0.3) is 5.57 Å². The number of hydrogen-bond acceptors (Lipinski definition) is 3. The summed E-state index contributed by atoms with van der Waals surface area (Å²) in [6.07, 6.45) is 4.88. The minimum Gasteiger partial charge on any atom is -0.389 e. The Kier molecular flexibility index (Phi) is 3.86. The van der Waals surface area contributed by atoms with E-state index in [0.717, 1.165) is 37.2 Å². The maximum absolute atomic E-state index is 9.54. The van der Waals surface area contributed by atoms with Crippen LogP contribution in [-0.2, 0) is 6.54 Å².